The van der Waals surface area contributed by atoms with Crippen LogP contribution in [0.1, 0.15) is 20.3 Å². The second-order valence-electron chi connectivity index (χ2n) is 5.07. The van der Waals surface area contributed by atoms with Gasteiger partial charge in [0.1, 0.15) is 5.75 Å². The zero-order valence-electron chi connectivity index (χ0n) is 10.8. The lowest BCUT2D eigenvalue weighted by atomic mass is 9.92. The Balaban J connectivity index is 2.11. The molecule has 0 saturated heterocycles. The Bertz CT molecular complexity index is 576. The molecule has 0 aliphatic rings. The van der Waals surface area contributed by atoms with E-state index < -0.39 is 0 Å². The number of rotatable bonds is 4. The van der Waals surface area contributed by atoms with E-state index in [2.05, 4.69) is 24.3 Å². The number of benzene rings is 2. The lowest BCUT2D eigenvalue weighted by molar-refractivity contribution is 0.267. The number of nitrogens with zero attached hydrogens (tertiary/aromatic N) is 1. The Labute approximate surface area is 108 Å². The average molecular weight is 239 g/mol. The molecule has 0 aliphatic heterocycles. The van der Waals surface area contributed by atoms with Gasteiger partial charge in [0.2, 0.25) is 0 Å². The zero-order chi connectivity index (χ0) is 13.0. The molecule has 0 radical (unpaired) electrons. The Morgan fingerprint density at radius 2 is 1.83 bits per heavy atom. The number of hydrogen-bond donors (Lipinski definition) is 0. The molecular formula is C16H17NO. The van der Waals surface area contributed by atoms with Crippen molar-refractivity contribution in [3.05, 3.63) is 42.5 Å². The van der Waals surface area contributed by atoms with Gasteiger partial charge in [0.25, 0.3) is 0 Å². The van der Waals surface area contributed by atoms with Gasteiger partial charge in [0, 0.05) is 5.39 Å². The lowest BCUT2D eigenvalue weighted by Crippen LogP contribution is -2.13. The van der Waals surface area contributed by atoms with Gasteiger partial charge in [-0.15, -0.1) is 0 Å². The van der Waals surface area contributed by atoms with Gasteiger partial charge in [0.05, 0.1) is 18.1 Å². The van der Waals surface area contributed by atoms with Crippen molar-refractivity contribution < 1.29 is 4.74 Å². The minimum absolute atomic E-state index is 0.329. The fraction of sp³-hybridized carbons (Fsp3) is 0.312. The summed E-state index contributed by atoms with van der Waals surface area (Å²) in [4.78, 5) is 0. The summed E-state index contributed by atoms with van der Waals surface area (Å²) < 4.78 is 5.81. The van der Waals surface area contributed by atoms with Crippen LogP contribution in [0.5, 0.6) is 5.75 Å². The highest BCUT2D eigenvalue weighted by atomic mass is 16.5. The Kier molecular flexibility index (Phi) is 3.53. The minimum Gasteiger partial charge on any atom is -0.493 e. The Hall–Kier alpha value is -2.01. The van der Waals surface area contributed by atoms with Gasteiger partial charge >= 0.3 is 0 Å². The summed E-state index contributed by atoms with van der Waals surface area (Å²) in [6.07, 6.45) is 0.729. The molecule has 0 atom stereocenters. The lowest BCUT2D eigenvalue weighted by Gasteiger charge is -2.16. The van der Waals surface area contributed by atoms with Crippen LogP contribution >= 0.6 is 0 Å². The van der Waals surface area contributed by atoms with E-state index in [1.54, 1.807) is 0 Å². The standard InChI is InChI=1S/C16H17NO/c1-16(2,12-17)10-11-18-15-9-5-7-13-6-3-4-8-14(13)15/h3-9H,10-11H2,1-2H3. The molecule has 0 unspecified atom stereocenters. The van der Waals surface area contributed by atoms with Gasteiger partial charge < -0.3 is 4.74 Å². The van der Waals surface area contributed by atoms with Crippen molar-refractivity contribution in [3.63, 3.8) is 0 Å². The second-order valence-corrected chi connectivity index (χ2v) is 5.07. The van der Waals surface area contributed by atoms with Crippen LogP contribution in [0.15, 0.2) is 42.5 Å². The van der Waals surface area contributed by atoms with Crippen LogP contribution in [0.25, 0.3) is 10.8 Å². The molecule has 0 heterocycles. The second kappa shape index (κ2) is 5.10. The predicted octanol–water partition coefficient (Wildman–Crippen LogP) is 4.16. The molecule has 0 saturated carbocycles. The van der Waals surface area contributed by atoms with Crippen molar-refractivity contribution >= 4 is 10.8 Å². The maximum Gasteiger partial charge on any atom is 0.127 e. The molecule has 2 rings (SSSR count). The van der Waals surface area contributed by atoms with E-state index in [4.69, 9.17) is 10.00 Å². The summed E-state index contributed by atoms with van der Waals surface area (Å²) in [6.45, 7) is 4.42. The quantitative estimate of drug-likeness (QED) is 0.802. The maximum atomic E-state index is 8.96. The van der Waals surface area contributed by atoms with Gasteiger partial charge in [-0.1, -0.05) is 36.4 Å². The monoisotopic (exact) mass is 239 g/mol. The van der Waals surface area contributed by atoms with Gasteiger partial charge in [0.15, 0.2) is 0 Å². The minimum atomic E-state index is -0.329. The van der Waals surface area contributed by atoms with Crippen LogP contribution in [0.3, 0.4) is 0 Å². The predicted molar refractivity (Wildman–Crippen MR) is 73.5 cm³/mol. The van der Waals surface area contributed by atoms with E-state index in [1.165, 1.54) is 5.39 Å². The number of ether oxygens (including phenoxy) is 1. The Morgan fingerprint density at radius 1 is 1.11 bits per heavy atom. The molecule has 0 N–H and O–H groups in total. The van der Waals surface area contributed by atoms with Crippen molar-refractivity contribution in [1.82, 2.24) is 0 Å². The van der Waals surface area contributed by atoms with Crippen molar-refractivity contribution in [2.24, 2.45) is 5.41 Å². The molecule has 0 aromatic heterocycles. The third-order valence-electron chi connectivity index (χ3n) is 3.04. The van der Waals surface area contributed by atoms with E-state index in [1.807, 2.05) is 38.1 Å². The highest BCUT2D eigenvalue weighted by molar-refractivity contribution is 5.88. The van der Waals surface area contributed by atoms with Gasteiger partial charge in [-0.3, -0.25) is 0 Å². The molecule has 0 aliphatic carbocycles. The summed E-state index contributed by atoms with van der Waals surface area (Å²) in [5.74, 6) is 0.891. The van der Waals surface area contributed by atoms with Crippen LogP contribution in [0, 0.1) is 16.7 Å². The average Bonchev–Trinajstić information content (AvgIpc) is 2.39. The summed E-state index contributed by atoms with van der Waals surface area (Å²) in [5, 5.41) is 11.3. The van der Waals surface area contributed by atoms with Crippen molar-refractivity contribution in [2.45, 2.75) is 20.3 Å². The zero-order valence-corrected chi connectivity index (χ0v) is 10.8. The largest absolute Gasteiger partial charge is 0.493 e. The Morgan fingerprint density at radius 3 is 2.61 bits per heavy atom. The van der Waals surface area contributed by atoms with Crippen molar-refractivity contribution in [1.29, 1.82) is 5.26 Å². The van der Waals surface area contributed by atoms with Crippen molar-refractivity contribution in [2.75, 3.05) is 6.61 Å². The van der Waals surface area contributed by atoms with Gasteiger partial charge in [-0.05, 0) is 31.7 Å². The summed E-state index contributed by atoms with van der Waals surface area (Å²) in [7, 11) is 0. The van der Waals surface area contributed by atoms with E-state index >= 15 is 0 Å². The van der Waals surface area contributed by atoms with Gasteiger partial charge in [-0.2, -0.15) is 5.26 Å². The number of nitriles is 1. The molecule has 0 spiro atoms. The molecule has 0 amide bonds. The van der Waals surface area contributed by atoms with Crippen LogP contribution < -0.4 is 4.74 Å². The van der Waals surface area contributed by atoms with E-state index in [0.717, 1.165) is 17.6 Å². The van der Waals surface area contributed by atoms with Crippen LogP contribution in [-0.4, -0.2) is 6.61 Å². The summed E-state index contributed by atoms with van der Waals surface area (Å²) in [6, 6.07) is 16.5. The highest BCUT2D eigenvalue weighted by Gasteiger charge is 2.16. The smallest absolute Gasteiger partial charge is 0.127 e. The fourth-order valence-electron chi connectivity index (χ4n) is 1.79. The van der Waals surface area contributed by atoms with E-state index in [0.29, 0.717) is 6.61 Å². The number of hydrogen-bond acceptors (Lipinski definition) is 2. The topological polar surface area (TPSA) is 33.0 Å². The van der Waals surface area contributed by atoms with Crippen LogP contribution in [0.4, 0.5) is 0 Å². The molecular weight excluding hydrogens is 222 g/mol. The van der Waals surface area contributed by atoms with E-state index in [-0.39, 0.29) is 5.41 Å². The van der Waals surface area contributed by atoms with Crippen LogP contribution in [0.2, 0.25) is 0 Å². The first-order valence-corrected chi connectivity index (χ1v) is 6.14. The third kappa shape index (κ3) is 2.81. The molecule has 2 heteroatoms. The molecule has 2 nitrogen and oxygen atoms in total. The molecule has 18 heavy (non-hydrogen) atoms. The number of fused-ring (bicyclic) bond motifs is 1. The summed E-state index contributed by atoms with van der Waals surface area (Å²) in [5.41, 5.74) is -0.329. The molecule has 92 valence electrons. The molecule has 2 aromatic carbocycles. The van der Waals surface area contributed by atoms with E-state index in [9.17, 15) is 0 Å². The SMILES string of the molecule is CC(C)(C#N)CCOc1cccc2ccccc12. The fourth-order valence-corrected chi connectivity index (χ4v) is 1.79. The third-order valence-corrected chi connectivity index (χ3v) is 3.04. The first-order valence-electron chi connectivity index (χ1n) is 6.14. The summed E-state index contributed by atoms with van der Waals surface area (Å²) >= 11 is 0. The highest BCUT2D eigenvalue weighted by Crippen LogP contribution is 2.26. The molecule has 2 aromatic rings. The van der Waals surface area contributed by atoms with Crippen LogP contribution in [-0.2, 0) is 0 Å². The van der Waals surface area contributed by atoms with Gasteiger partial charge in [-0.25, -0.2) is 0 Å². The van der Waals surface area contributed by atoms with Crippen molar-refractivity contribution in [3.8, 4) is 11.8 Å². The molecule has 0 bridgehead atoms. The maximum absolute atomic E-state index is 8.96. The molecule has 0 fully saturated rings. The first kappa shape index (κ1) is 12.4. The first-order chi connectivity index (χ1) is 8.62. The normalized spacial score (nSPS) is 11.2.